The number of amides is 1. The van der Waals surface area contributed by atoms with Crippen LogP contribution >= 0.6 is 21.6 Å². The summed E-state index contributed by atoms with van der Waals surface area (Å²) in [5.41, 5.74) is 1.98. The van der Waals surface area contributed by atoms with Crippen molar-refractivity contribution in [3.8, 4) is 0 Å². The number of hydrogen-bond donors (Lipinski definition) is 1. The van der Waals surface area contributed by atoms with Gasteiger partial charge in [-0.05, 0) is 39.5 Å². The molecule has 0 atom stereocenters. The van der Waals surface area contributed by atoms with E-state index in [1.54, 1.807) is 56.2 Å². The molecule has 2 rings (SSSR count). The smallest absolute Gasteiger partial charge is 0.291 e. The van der Waals surface area contributed by atoms with Crippen molar-refractivity contribution < 1.29 is 9.59 Å². The molecule has 0 bridgehead atoms. The molecule has 0 aliphatic heterocycles. The van der Waals surface area contributed by atoms with Crippen molar-refractivity contribution in [3.05, 3.63) is 35.7 Å². The normalized spacial score (nSPS) is 11.6. The van der Waals surface area contributed by atoms with E-state index < -0.39 is 0 Å². The standard InChI is InChI=1S/C18H26N4O2S2/c1-12-10-22(5)16(19-12)17(24)20-13-9-14(21(4)11-13)15(23)7-8-18(2,3)26-25-6/h9-11H,7-8H2,1-6H3,(H,20,24). The van der Waals surface area contributed by atoms with E-state index >= 15 is 0 Å². The van der Waals surface area contributed by atoms with Crippen molar-refractivity contribution in [2.75, 3.05) is 11.6 Å². The third kappa shape index (κ3) is 5.17. The van der Waals surface area contributed by atoms with Crippen molar-refractivity contribution in [2.24, 2.45) is 14.1 Å². The summed E-state index contributed by atoms with van der Waals surface area (Å²) in [6.07, 6.45) is 6.87. The first-order chi connectivity index (χ1) is 12.1. The molecule has 0 saturated heterocycles. The molecule has 26 heavy (non-hydrogen) atoms. The zero-order valence-corrected chi connectivity index (χ0v) is 17.8. The molecule has 2 aromatic rings. The van der Waals surface area contributed by atoms with Crippen LogP contribution in [0.3, 0.4) is 0 Å². The lowest BCUT2D eigenvalue weighted by Crippen LogP contribution is -2.16. The molecule has 6 nitrogen and oxygen atoms in total. The van der Waals surface area contributed by atoms with Crippen LogP contribution in [0.5, 0.6) is 0 Å². The van der Waals surface area contributed by atoms with E-state index in [-0.39, 0.29) is 16.4 Å². The number of nitrogens with one attached hydrogen (secondary N) is 1. The highest BCUT2D eigenvalue weighted by Gasteiger charge is 2.22. The van der Waals surface area contributed by atoms with E-state index in [2.05, 4.69) is 24.1 Å². The zero-order valence-electron chi connectivity index (χ0n) is 16.1. The summed E-state index contributed by atoms with van der Waals surface area (Å²) in [7, 11) is 7.09. The number of rotatable bonds is 8. The molecule has 0 spiro atoms. The number of carbonyl (C=O) groups excluding carboxylic acids is 2. The minimum Gasteiger partial charge on any atom is -0.346 e. The third-order valence-electron chi connectivity index (χ3n) is 4.01. The molecule has 1 N–H and O–H groups in total. The number of imidazole rings is 1. The van der Waals surface area contributed by atoms with Gasteiger partial charge in [0.25, 0.3) is 5.91 Å². The summed E-state index contributed by atoms with van der Waals surface area (Å²) in [4.78, 5) is 29.2. The van der Waals surface area contributed by atoms with Crippen LogP contribution in [0.4, 0.5) is 5.69 Å². The predicted octanol–water partition coefficient (Wildman–Crippen LogP) is 4.07. The average molecular weight is 395 g/mol. The molecule has 0 aromatic carbocycles. The number of aryl methyl sites for hydroxylation is 3. The molecule has 2 heterocycles. The second-order valence-electron chi connectivity index (χ2n) is 6.93. The van der Waals surface area contributed by atoms with E-state index in [1.807, 2.05) is 20.2 Å². The van der Waals surface area contributed by atoms with Crippen LogP contribution in [0.1, 0.15) is 53.5 Å². The fourth-order valence-corrected chi connectivity index (χ4v) is 4.97. The van der Waals surface area contributed by atoms with Gasteiger partial charge in [-0.25, -0.2) is 4.98 Å². The Bertz CT molecular complexity index is 808. The Morgan fingerprint density at radius 3 is 2.50 bits per heavy atom. The number of aromatic nitrogens is 3. The summed E-state index contributed by atoms with van der Waals surface area (Å²) < 4.78 is 3.49. The Labute approximate surface area is 162 Å². The van der Waals surface area contributed by atoms with Gasteiger partial charge in [-0.3, -0.25) is 9.59 Å². The molecular weight excluding hydrogens is 368 g/mol. The fourth-order valence-electron chi connectivity index (χ4n) is 2.73. The second-order valence-corrected chi connectivity index (χ2v) is 10.0. The highest BCUT2D eigenvalue weighted by molar-refractivity contribution is 8.76. The summed E-state index contributed by atoms with van der Waals surface area (Å²) in [5.74, 6) is 0.133. The largest absolute Gasteiger partial charge is 0.346 e. The molecule has 2 aromatic heterocycles. The number of ketones is 1. The Morgan fingerprint density at radius 2 is 1.92 bits per heavy atom. The Balaban J connectivity index is 2.05. The second kappa shape index (κ2) is 8.35. The van der Waals surface area contributed by atoms with Gasteiger partial charge in [0.05, 0.1) is 17.1 Å². The maximum absolute atomic E-state index is 12.6. The van der Waals surface area contributed by atoms with Crippen LogP contribution in [-0.2, 0) is 14.1 Å². The summed E-state index contributed by atoms with van der Waals surface area (Å²) >= 11 is 0. The maximum Gasteiger partial charge on any atom is 0.291 e. The number of hydrogen-bond acceptors (Lipinski definition) is 5. The monoisotopic (exact) mass is 394 g/mol. The lowest BCUT2D eigenvalue weighted by molar-refractivity contribution is 0.0967. The van der Waals surface area contributed by atoms with Crippen molar-refractivity contribution in [2.45, 2.75) is 38.4 Å². The number of nitrogens with zero attached hydrogens (tertiary/aromatic N) is 3. The Morgan fingerprint density at radius 1 is 1.23 bits per heavy atom. The maximum atomic E-state index is 12.6. The van der Waals surface area contributed by atoms with Crippen LogP contribution in [-0.4, -0.2) is 36.8 Å². The molecule has 0 fully saturated rings. The van der Waals surface area contributed by atoms with E-state index in [0.717, 1.165) is 12.1 Å². The van der Waals surface area contributed by atoms with Gasteiger partial charge in [0.2, 0.25) is 0 Å². The number of Topliss-reactive ketones (excluding diaryl/α,β-unsaturated/α-hetero) is 1. The molecule has 0 aliphatic rings. The minimum atomic E-state index is -0.289. The van der Waals surface area contributed by atoms with E-state index in [0.29, 0.717) is 23.6 Å². The van der Waals surface area contributed by atoms with Gasteiger partial charge in [-0.1, -0.05) is 21.6 Å². The molecule has 8 heteroatoms. The van der Waals surface area contributed by atoms with Crippen LogP contribution in [0.2, 0.25) is 0 Å². The first-order valence-electron chi connectivity index (χ1n) is 8.35. The quantitative estimate of drug-likeness (QED) is 0.540. The van der Waals surface area contributed by atoms with E-state index in [9.17, 15) is 9.59 Å². The lowest BCUT2D eigenvalue weighted by Gasteiger charge is -2.21. The zero-order chi connectivity index (χ0) is 19.5. The fraction of sp³-hybridized carbons (Fsp3) is 0.500. The van der Waals surface area contributed by atoms with Crippen molar-refractivity contribution in [1.29, 1.82) is 0 Å². The molecule has 1 amide bonds. The van der Waals surface area contributed by atoms with E-state index in [1.165, 1.54) is 0 Å². The number of carbonyl (C=O) groups is 2. The molecule has 0 saturated carbocycles. The molecule has 142 valence electrons. The minimum absolute atomic E-state index is 0.0490. The first-order valence-corrected chi connectivity index (χ1v) is 10.9. The van der Waals surface area contributed by atoms with Gasteiger partial charge in [0, 0.05) is 37.7 Å². The van der Waals surface area contributed by atoms with Gasteiger partial charge < -0.3 is 14.5 Å². The average Bonchev–Trinajstić information content (AvgIpc) is 3.06. The van der Waals surface area contributed by atoms with Gasteiger partial charge in [0.15, 0.2) is 11.6 Å². The third-order valence-corrected chi connectivity index (χ3v) is 6.69. The van der Waals surface area contributed by atoms with Crippen molar-refractivity contribution in [1.82, 2.24) is 14.1 Å². The van der Waals surface area contributed by atoms with E-state index in [4.69, 9.17) is 0 Å². The van der Waals surface area contributed by atoms with Gasteiger partial charge in [-0.2, -0.15) is 0 Å². The Kier molecular flexibility index (Phi) is 6.63. The summed E-state index contributed by atoms with van der Waals surface area (Å²) in [5, 5.41) is 2.82. The molecule has 0 unspecified atom stereocenters. The van der Waals surface area contributed by atoms with Gasteiger partial charge in [0.1, 0.15) is 0 Å². The lowest BCUT2D eigenvalue weighted by atomic mass is 10.0. The van der Waals surface area contributed by atoms with Crippen LogP contribution in [0.15, 0.2) is 18.5 Å². The predicted molar refractivity (Wildman–Crippen MR) is 110 cm³/mol. The van der Waals surface area contributed by atoms with Crippen LogP contribution in [0, 0.1) is 6.92 Å². The molecule has 0 aliphatic carbocycles. The van der Waals surface area contributed by atoms with Crippen LogP contribution in [0.25, 0.3) is 0 Å². The highest BCUT2D eigenvalue weighted by Crippen LogP contribution is 2.37. The SMILES string of the molecule is CSSC(C)(C)CCC(=O)c1cc(NC(=O)c2nc(C)cn2C)cn1C. The molecule has 0 radical (unpaired) electrons. The van der Waals surface area contributed by atoms with Gasteiger partial charge >= 0.3 is 0 Å². The topological polar surface area (TPSA) is 68.9 Å². The van der Waals surface area contributed by atoms with Crippen molar-refractivity contribution in [3.63, 3.8) is 0 Å². The molecular formula is C18H26N4O2S2. The van der Waals surface area contributed by atoms with Crippen molar-refractivity contribution >= 4 is 39.0 Å². The Hall–Kier alpha value is -1.67. The highest BCUT2D eigenvalue weighted by atomic mass is 33.1. The summed E-state index contributed by atoms with van der Waals surface area (Å²) in [6, 6.07) is 1.73. The number of anilines is 1. The summed E-state index contributed by atoms with van der Waals surface area (Å²) in [6.45, 7) is 6.13. The first kappa shape index (κ1) is 20.6. The van der Waals surface area contributed by atoms with Gasteiger partial charge in [-0.15, -0.1) is 0 Å². The van der Waals surface area contributed by atoms with Crippen LogP contribution < -0.4 is 5.32 Å².